The van der Waals surface area contributed by atoms with Crippen molar-refractivity contribution in [3.8, 4) is 0 Å². The van der Waals surface area contributed by atoms with Crippen LogP contribution in [0, 0.1) is 5.92 Å². The van der Waals surface area contributed by atoms with E-state index in [1.54, 1.807) is 11.3 Å². The van der Waals surface area contributed by atoms with E-state index in [-0.39, 0.29) is 11.8 Å². The van der Waals surface area contributed by atoms with E-state index >= 15 is 0 Å². The molecule has 2 rings (SSSR count). The average molecular weight is 224 g/mol. The molecule has 1 aromatic rings. The van der Waals surface area contributed by atoms with E-state index in [0.29, 0.717) is 5.92 Å². The van der Waals surface area contributed by atoms with Gasteiger partial charge in [0.2, 0.25) is 5.91 Å². The second-order valence-electron chi connectivity index (χ2n) is 4.05. The third-order valence-corrected chi connectivity index (χ3v) is 3.57. The van der Waals surface area contributed by atoms with E-state index in [9.17, 15) is 4.79 Å². The molecular formula is C11H16N2OS. The van der Waals surface area contributed by atoms with Crippen LogP contribution in [0.25, 0.3) is 0 Å². The van der Waals surface area contributed by atoms with Crippen molar-refractivity contribution < 1.29 is 4.79 Å². The Morgan fingerprint density at radius 2 is 2.53 bits per heavy atom. The van der Waals surface area contributed by atoms with E-state index < -0.39 is 0 Å². The summed E-state index contributed by atoms with van der Waals surface area (Å²) in [6.45, 7) is 4.83. The Labute approximate surface area is 93.9 Å². The van der Waals surface area contributed by atoms with Gasteiger partial charge in [-0.3, -0.25) is 4.79 Å². The lowest BCUT2D eigenvalue weighted by molar-refractivity contribution is -0.122. The summed E-state index contributed by atoms with van der Waals surface area (Å²) in [4.78, 5) is 11.8. The molecule has 1 unspecified atom stereocenters. The van der Waals surface area contributed by atoms with Gasteiger partial charge < -0.3 is 10.6 Å². The number of carbonyl (C=O) groups is 1. The molecule has 1 fully saturated rings. The maximum absolute atomic E-state index is 11.8. The second kappa shape index (κ2) is 4.77. The summed E-state index contributed by atoms with van der Waals surface area (Å²) in [5.74, 6) is 0.744. The molecule has 82 valence electrons. The van der Waals surface area contributed by atoms with Gasteiger partial charge in [-0.1, -0.05) is 0 Å². The van der Waals surface area contributed by atoms with Crippen molar-refractivity contribution in [1.29, 1.82) is 0 Å². The third-order valence-electron chi connectivity index (χ3n) is 2.87. The van der Waals surface area contributed by atoms with Crippen molar-refractivity contribution in [1.82, 2.24) is 10.6 Å². The van der Waals surface area contributed by atoms with Crippen LogP contribution in [-0.2, 0) is 4.79 Å². The zero-order valence-electron chi connectivity index (χ0n) is 8.82. The normalized spacial score (nSPS) is 18.2. The summed E-state index contributed by atoms with van der Waals surface area (Å²) in [5, 5.41) is 10.2. The Hall–Kier alpha value is -0.870. The SMILES string of the molecule is CC(C(=O)NCC1CNC1)c1ccsc1. The minimum Gasteiger partial charge on any atom is -0.355 e. The summed E-state index contributed by atoms with van der Waals surface area (Å²) in [7, 11) is 0. The zero-order chi connectivity index (χ0) is 10.7. The largest absolute Gasteiger partial charge is 0.355 e. The van der Waals surface area contributed by atoms with Gasteiger partial charge in [0, 0.05) is 25.6 Å². The van der Waals surface area contributed by atoms with E-state index in [0.717, 1.165) is 25.2 Å². The minimum atomic E-state index is -0.0238. The highest BCUT2D eigenvalue weighted by molar-refractivity contribution is 7.08. The molecule has 0 radical (unpaired) electrons. The van der Waals surface area contributed by atoms with Gasteiger partial charge in [-0.15, -0.1) is 0 Å². The van der Waals surface area contributed by atoms with Crippen molar-refractivity contribution in [2.24, 2.45) is 5.92 Å². The van der Waals surface area contributed by atoms with Gasteiger partial charge in [0.15, 0.2) is 0 Å². The molecule has 1 aromatic heterocycles. The topological polar surface area (TPSA) is 41.1 Å². The summed E-state index contributed by atoms with van der Waals surface area (Å²) < 4.78 is 0. The summed E-state index contributed by atoms with van der Waals surface area (Å²) >= 11 is 1.64. The van der Waals surface area contributed by atoms with Crippen LogP contribution in [0.3, 0.4) is 0 Å². The van der Waals surface area contributed by atoms with Crippen LogP contribution in [0.4, 0.5) is 0 Å². The molecule has 4 heteroatoms. The van der Waals surface area contributed by atoms with Crippen molar-refractivity contribution in [3.05, 3.63) is 22.4 Å². The van der Waals surface area contributed by atoms with Gasteiger partial charge >= 0.3 is 0 Å². The van der Waals surface area contributed by atoms with Crippen LogP contribution < -0.4 is 10.6 Å². The molecule has 0 spiro atoms. The first-order chi connectivity index (χ1) is 7.27. The molecule has 1 amide bonds. The first-order valence-electron chi connectivity index (χ1n) is 5.28. The van der Waals surface area contributed by atoms with E-state index in [4.69, 9.17) is 0 Å². The fraction of sp³-hybridized carbons (Fsp3) is 0.545. The smallest absolute Gasteiger partial charge is 0.227 e. The Morgan fingerprint density at radius 1 is 1.73 bits per heavy atom. The average Bonchev–Trinajstić information content (AvgIpc) is 2.66. The highest BCUT2D eigenvalue weighted by Gasteiger charge is 2.20. The van der Waals surface area contributed by atoms with Crippen LogP contribution in [0.2, 0.25) is 0 Å². The lowest BCUT2D eigenvalue weighted by atomic mass is 10.0. The first kappa shape index (κ1) is 10.6. The summed E-state index contributed by atoms with van der Waals surface area (Å²) in [6.07, 6.45) is 0. The highest BCUT2D eigenvalue weighted by atomic mass is 32.1. The molecule has 3 nitrogen and oxygen atoms in total. The Balaban J connectivity index is 1.79. The molecule has 0 aromatic carbocycles. The molecule has 1 saturated heterocycles. The first-order valence-corrected chi connectivity index (χ1v) is 6.22. The number of nitrogens with one attached hydrogen (secondary N) is 2. The Kier molecular flexibility index (Phi) is 3.38. The molecule has 2 heterocycles. The predicted molar refractivity (Wildman–Crippen MR) is 62.1 cm³/mol. The van der Waals surface area contributed by atoms with Crippen LogP contribution in [-0.4, -0.2) is 25.5 Å². The van der Waals surface area contributed by atoms with E-state index in [1.165, 1.54) is 0 Å². The molecule has 0 bridgehead atoms. The summed E-state index contributed by atoms with van der Waals surface area (Å²) in [6, 6.07) is 2.01. The monoisotopic (exact) mass is 224 g/mol. The van der Waals surface area contributed by atoms with Gasteiger partial charge in [0.1, 0.15) is 0 Å². The van der Waals surface area contributed by atoms with Crippen molar-refractivity contribution in [2.45, 2.75) is 12.8 Å². The highest BCUT2D eigenvalue weighted by Crippen LogP contribution is 2.18. The molecule has 0 aliphatic carbocycles. The molecule has 1 atom stereocenters. The van der Waals surface area contributed by atoms with Gasteiger partial charge in [-0.2, -0.15) is 11.3 Å². The van der Waals surface area contributed by atoms with Gasteiger partial charge in [0.25, 0.3) is 0 Å². The van der Waals surface area contributed by atoms with Crippen LogP contribution >= 0.6 is 11.3 Å². The van der Waals surface area contributed by atoms with E-state index in [2.05, 4.69) is 10.6 Å². The lowest BCUT2D eigenvalue weighted by Gasteiger charge is -2.27. The molecule has 1 aliphatic rings. The van der Waals surface area contributed by atoms with Crippen LogP contribution in [0.5, 0.6) is 0 Å². The number of carbonyl (C=O) groups excluding carboxylic acids is 1. The molecule has 15 heavy (non-hydrogen) atoms. The minimum absolute atomic E-state index is 0.0238. The molecule has 2 N–H and O–H groups in total. The van der Waals surface area contributed by atoms with Gasteiger partial charge in [0.05, 0.1) is 5.92 Å². The van der Waals surface area contributed by atoms with Crippen LogP contribution in [0.1, 0.15) is 18.4 Å². The maximum atomic E-state index is 11.8. The lowest BCUT2D eigenvalue weighted by Crippen LogP contribution is -2.48. The fourth-order valence-corrected chi connectivity index (χ4v) is 2.32. The predicted octanol–water partition coefficient (Wildman–Crippen LogP) is 1.19. The zero-order valence-corrected chi connectivity index (χ0v) is 9.64. The molecule has 1 aliphatic heterocycles. The maximum Gasteiger partial charge on any atom is 0.227 e. The molecule has 0 saturated carbocycles. The second-order valence-corrected chi connectivity index (χ2v) is 4.83. The number of hydrogen-bond acceptors (Lipinski definition) is 3. The molecular weight excluding hydrogens is 208 g/mol. The van der Waals surface area contributed by atoms with Crippen LogP contribution in [0.15, 0.2) is 16.8 Å². The number of amides is 1. The number of hydrogen-bond donors (Lipinski definition) is 2. The quantitative estimate of drug-likeness (QED) is 0.806. The van der Waals surface area contributed by atoms with E-state index in [1.807, 2.05) is 23.8 Å². The number of thiophene rings is 1. The van der Waals surface area contributed by atoms with Crippen molar-refractivity contribution in [3.63, 3.8) is 0 Å². The van der Waals surface area contributed by atoms with Crippen molar-refractivity contribution >= 4 is 17.2 Å². The standard InChI is InChI=1S/C11H16N2OS/c1-8(10-2-3-15-7-10)11(14)13-6-9-4-12-5-9/h2-3,7-9,12H,4-6H2,1H3,(H,13,14). The Morgan fingerprint density at radius 3 is 3.07 bits per heavy atom. The third kappa shape index (κ3) is 2.58. The van der Waals surface area contributed by atoms with Gasteiger partial charge in [-0.25, -0.2) is 0 Å². The van der Waals surface area contributed by atoms with Gasteiger partial charge in [-0.05, 0) is 29.3 Å². The fourth-order valence-electron chi connectivity index (χ4n) is 1.56. The summed E-state index contributed by atoms with van der Waals surface area (Å²) in [5.41, 5.74) is 1.12. The Bertz CT molecular complexity index is 319. The van der Waals surface area contributed by atoms with Crippen molar-refractivity contribution in [2.75, 3.05) is 19.6 Å². The number of rotatable bonds is 4.